The van der Waals surface area contributed by atoms with Gasteiger partial charge in [-0.05, 0) is 17.2 Å². The number of nitro benzene ring substituents is 1. The van der Waals surface area contributed by atoms with Crippen LogP contribution in [0.15, 0.2) is 114 Å². The van der Waals surface area contributed by atoms with Gasteiger partial charge in [-0.1, -0.05) is 91.0 Å². The van der Waals surface area contributed by atoms with Crippen LogP contribution in [0.25, 0.3) is 0 Å². The molecule has 6 nitrogen and oxygen atoms in total. The topological polar surface area (TPSA) is 75.8 Å². The van der Waals surface area contributed by atoms with Crippen LogP contribution in [-0.2, 0) is 17.8 Å². The van der Waals surface area contributed by atoms with Crippen molar-refractivity contribution in [2.45, 2.75) is 19.0 Å². The van der Waals surface area contributed by atoms with Gasteiger partial charge in [-0.25, -0.2) is 0 Å². The van der Waals surface area contributed by atoms with E-state index in [9.17, 15) is 14.9 Å². The van der Waals surface area contributed by atoms with Crippen LogP contribution in [0.5, 0.6) is 0 Å². The van der Waals surface area contributed by atoms with E-state index in [1.807, 2.05) is 84.9 Å². The summed E-state index contributed by atoms with van der Waals surface area (Å²) in [4.78, 5) is 31.4. The van der Waals surface area contributed by atoms with Crippen LogP contribution in [0.2, 0.25) is 0 Å². The normalized spacial score (nSPS) is 15.2. The molecule has 5 rings (SSSR count). The number of hydrogen-bond acceptors (Lipinski definition) is 4. The molecule has 35 heavy (non-hydrogen) atoms. The summed E-state index contributed by atoms with van der Waals surface area (Å²) in [6.45, 7) is 0.288. The monoisotopic (exact) mass is 461 g/mol. The Morgan fingerprint density at radius 3 is 2.09 bits per heavy atom. The highest BCUT2D eigenvalue weighted by Crippen LogP contribution is 2.31. The van der Waals surface area contributed by atoms with Crippen LogP contribution in [0, 0.1) is 10.1 Å². The number of nitrogens with zero attached hydrogens (tertiary/aromatic N) is 3. The third-order valence-electron chi connectivity index (χ3n) is 6.09. The molecule has 172 valence electrons. The van der Waals surface area contributed by atoms with Gasteiger partial charge in [0, 0.05) is 29.7 Å². The van der Waals surface area contributed by atoms with E-state index in [0.29, 0.717) is 6.42 Å². The molecule has 1 aliphatic heterocycles. The number of anilines is 1. The Morgan fingerprint density at radius 2 is 1.40 bits per heavy atom. The second kappa shape index (κ2) is 9.73. The molecule has 0 radical (unpaired) electrons. The van der Waals surface area contributed by atoms with Gasteiger partial charge in [-0.15, -0.1) is 0 Å². The van der Waals surface area contributed by atoms with Crippen molar-refractivity contribution < 1.29 is 9.72 Å². The first-order valence-corrected chi connectivity index (χ1v) is 11.4. The summed E-state index contributed by atoms with van der Waals surface area (Å²) in [5, 5.41) is 11.1. The second-order valence-corrected chi connectivity index (χ2v) is 8.41. The molecule has 4 aromatic rings. The van der Waals surface area contributed by atoms with Crippen LogP contribution in [0.4, 0.5) is 11.4 Å². The zero-order valence-corrected chi connectivity index (χ0v) is 19.0. The van der Waals surface area contributed by atoms with E-state index in [0.717, 1.165) is 33.7 Å². The van der Waals surface area contributed by atoms with Crippen LogP contribution >= 0.6 is 0 Å². The number of benzodiazepines with no additional fused rings is 1. The third kappa shape index (κ3) is 4.73. The molecule has 0 fully saturated rings. The van der Waals surface area contributed by atoms with Crippen molar-refractivity contribution in [3.63, 3.8) is 0 Å². The Hall–Kier alpha value is -4.58. The van der Waals surface area contributed by atoms with Crippen molar-refractivity contribution in [1.29, 1.82) is 0 Å². The molecule has 1 atom stereocenters. The van der Waals surface area contributed by atoms with Crippen molar-refractivity contribution >= 4 is 23.0 Å². The van der Waals surface area contributed by atoms with Gasteiger partial charge in [0.2, 0.25) is 0 Å². The Kier molecular flexibility index (Phi) is 6.18. The molecule has 0 saturated heterocycles. The SMILES string of the molecule is O=C1[C@H](Cc2ccccc2)N=C(c2ccccc2)c2ccccc2N1Cc1ccc([N+](=O)[O-])cc1. The van der Waals surface area contributed by atoms with E-state index in [1.165, 1.54) is 12.1 Å². The number of carbonyl (C=O) groups excluding carboxylic acids is 1. The second-order valence-electron chi connectivity index (χ2n) is 8.41. The van der Waals surface area contributed by atoms with Crippen molar-refractivity contribution in [3.8, 4) is 0 Å². The van der Waals surface area contributed by atoms with Gasteiger partial charge < -0.3 is 4.90 Å². The summed E-state index contributed by atoms with van der Waals surface area (Å²) in [7, 11) is 0. The van der Waals surface area contributed by atoms with Crippen molar-refractivity contribution in [1.82, 2.24) is 0 Å². The van der Waals surface area contributed by atoms with E-state index in [-0.39, 0.29) is 18.1 Å². The van der Waals surface area contributed by atoms with E-state index in [2.05, 4.69) is 0 Å². The molecule has 0 aromatic heterocycles. The molecular formula is C29H23N3O3. The predicted molar refractivity (Wildman–Crippen MR) is 137 cm³/mol. The van der Waals surface area contributed by atoms with E-state index in [4.69, 9.17) is 4.99 Å². The smallest absolute Gasteiger partial charge is 0.269 e. The average Bonchev–Trinajstić information content (AvgIpc) is 3.01. The molecule has 4 aromatic carbocycles. The van der Waals surface area contributed by atoms with Crippen LogP contribution < -0.4 is 4.90 Å². The van der Waals surface area contributed by atoms with Gasteiger partial charge in [0.1, 0.15) is 6.04 Å². The number of nitro groups is 1. The average molecular weight is 462 g/mol. The molecule has 0 spiro atoms. The number of aliphatic imine (C=N–C) groups is 1. The highest BCUT2D eigenvalue weighted by Gasteiger charge is 2.32. The lowest BCUT2D eigenvalue weighted by Gasteiger charge is -2.25. The standard InChI is InChI=1S/C29H23N3O3/c33-29-26(19-21-9-3-1-4-10-21)30-28(23-11-5-2-6-12-23)25-13-7-8-14-27(25)31(29)20-22-15-17-24(18-16-22)32(34)35/h1-18,26H,19-20H2/t26-/m0/s1. The maximum atomic E-state index is 14.0. The minimum Gasteiger partial charge on any atom is -0.305 e. The quantitative estimate of drug-likeness (QED) is 0.277. The maximum absolute atomic E-state index is 14.0. The lowest BCUT2D eigenvalue weighted by atomic mass is 10.00. The van der Waals surface area contributed by atoms with Gasteiger partial charge in [0.15, 0.2) is 0 Å². The molecule has 0 aliphatic carbocycles. The molecule has 0 unspecified atom stereocenters. The van der Waals surface area contributed by atoms with Crippen molar-refractivity contribution in [2.75, 3.05) is 4.90 Å². The highest BCUT2D eigenvalue weighted by molar-refractivity contribution is 6.20. The minimum absolute atomic E-state index is 0.0213. The summed E-state index contributed by atoms with van der Waals surface area (Å²) in [6, 6.07) is 33.3. The number of fused-ring (bicyclic) bond motifs is 1. The van der Waals surface area contributed by atoms with Crippen molar-refractivity contribution in [2.24, 2.45) is 4.99 Å². The maximum Gasteiger partial charge on any atom is 0.269 e. The minimum atomic E-state index is -0.613. The van der Waals surface area contributed by atoms with E-state index < -0.39 is 11.0 Å². The first-order valence-electron chi connectivity index (χ1n) is 11.4. The van der Waals surface area contributed by atoms with Crippen molar-refractivity contribution in [3.05, 3.63) is 142 Å². The van der Waals surface area contributed by atoms with Crippen LogP contribution in [0.1, 0.15) is 22.3 Å². The number of non-ortho nitro benzene ring substituents is 1. The lowest BCUT2D eigenvalue weighted by Crippen LogP contribution is -2.38. The number of amides is 1. The van der Waals surface area contributed by atoms with Gasteiger partial charge in [-0.3, -0.25) is 19.9 Å². The summed E-state index contributed by atoms with van der Waals surface area (Å²) < 4.78 is 0. The lowest BCUT2D eigenvalue weighted by molar-refractivity contribution is -0.384. The van der Waals surface area contributed by atoms with Gasteiger partial charge in [-0.2, -0.15) is 0 Å². The van der Waals surface area contributed by atoms with E-state index in [1.54, 1.807) is 17.0 Å². The molecule has 1 heterocycles. The highest BCUT2D eigenvalue weighted by atomic mass is 16.6. The van der Waals surface area contributed by atoms with Gasteiger partial charge >= 0.3 is 0 Å². The Labute approximate surface area is 203 Å². The van der Waals surface area contributed by atoms with Gasteiger partial charge in [0.25, 0.3) is 11.6 Å². The molecule has 6 heteroatoms. The number of benzene rings is 4. The fraction of sp³-hybridized carbons (Fsp3) is 0.103. The Morgan fingerprint density at radius 1 is 0.771 bits per heavy atom. The first-order chi connectivity index (χ1) is 17.1. The Bertz CT molecular complexity index is 1380. The van der Waals surface area contributed by atoms with E-state index >= 15 is 0 Å². The van der Waals surface area contributed by atoms with Crippen LogP contribution in [-0.4, -0.2) is 22.6 Å². The molecule has 0 saturated carbocycles. The molecule has 0 N–H and O–H groups in total. The fourth-order valence-corrected chi connectivity index (χ4v) is 4.35. The number of carbonyl (C=O) groups is 1. The number of para-hydroxylation sites is 1. The van der Waals surface area contributed by atoms with Crippen LogP contribution in [0.3, 0.4) is 0 Å². The number of hydrogen-bond donors (Lipinski definition) is 0. The number of rotatable bonds is 6. The first kappa shape index (κ1) is 22.2. The largest absolute Gasteiger partial charge is 0.305 e. The summed E-state index contributed by atoms with van der Waals surface area (Å²) in [5.41, 5.74) is 5.24. The molecule has 1 amide bonds. The zero-order valence-electron chi connectivity index (χ0n) is 19.0. The molecule has 1 aliphatic rings. The summed E-state index contributed by atoms with van der Waals surface area (Å²) in [5.74, 6) is -0.106. The van der Waals surface area contributed by atoms with Gasteiger partial charge in [0.05, 0.1) is 22.9 Å². The zero-order chi connectivity index (χ0) is 24.2. The molecular weight excluding hydrogens is 438 g/mol. The summed E-state index contributed by atoms with van der Waals surface area (Å²) >= 11 is 0. The fourth-order valence-electron chi connectivity index (χ4n) is 4.35. The predicted octanol–water partition coefficient (Wildman–Crippen LogP) is 5.59. The Balaban J connectivity index is 1.60. The summed E-state index contributed by atoms with van der Waals surface area (Å²) in [6.07, 6.45) is 0.473. The third-order valence-corrected chi connectivity index (χ3v) is 6.09. The molecule has 0 bridgehead atoms.